The van der Waals surface area contributed by atoms with Crippen LogP contribution in [-0.2, 0) is 11.3 Å². The first kappa shape index (κ1) is 21.8. The molecule has 0 N–H and O–H groups in total. The average Bonchev–Trinajstić information content (AvgIpc) is 2.54. The number of rotatable bonds is 11. The van der Waals surface area contributed by atoms with Crippen LogP contribution in [0.4, 0.5) is 0 Å². The van der Waals surface area contributed by atoms with Crippen molar-refractivity contribution in [3.63, 3.8) is 0 Å². The first-order chi connectivity index (χ1) is 11.9. The van der Waals surface area contributed by atoms with Crippen molar-refractivity contribution in [1.82, 2.24) is 0 Å². The molecule has 4 nitrogen and oxygen atoms in total. The van der Waals surface area contributed by atoms with E-state index in [1.165, 1.54) is 0 Å². The number of unbranched alkanes of at least 4 members (excludes halogenated alkanes) is 1. The van der Waals surface area contributed by atoms with E-state index in [2.05, 4.69) is 28.0 Å². The number of aryl methyl sites for hydroxylation is 2. The number of halogens is 2. The van der Waals surface area contributed by atoms with E-state index in [0.29, 0.717) is 23.8 Å². The van der Waals surface area contributed by atoms with Gasteiger partial charge in [-0.05, 0) is 85.3 Å². The number of nitrogens with zero attached hydrogens (tertiary/aromatic N) is 1. The Kier molecular flexibility index (Phi) is 10.7. The van der Waals surface area contributed by atoms with Crippen molar-refractivity contribution in [3.8, 4) is 11.5 Å². The summed E-state index contributed by atoms with van der Waals surface area (Å²) in [6.07, 6.45) is 4.49. The largest absolute Gasteiger partial charge is 0.493 e. The molecule has 0 aliphatic heterocycles. The Morgan fingerprint density at radius 2 is 1.92 bits per heavy atom. The summed E-state index contributed by atoms with van der Waals surface area (Å²) >= 11 is 8.91. The second-order valence-corrected chi connectivity index (χ2v) is 7.53. The molecule has 0 aliphatic rings. The molecule has 6 heteroatoms. The van der Waals surface area contributed by atoms with Gasteiger partial charge in [0.05, 0.1) is 16.3 Å². The predicted octanol–water partition coefficient (Wildman–Crippen LogP) is 5.98. The second-order valence-electron chi connectivity index (χ2n) is 5.81. The maximum Gasteiger partial charge on any atom is 0.125 e. The zero-order valence-corrected chi connectivity index (χ0v) is 17.7. The summed E-state index contributed by atoms with van der Waals surface area (Å²) in [5.74, 6) is 1.77. The molecule has 1 aromatic carbocycles. The maximum absolute atomic E-state index is 6.00. The van der Waals surface area contributed by atoms with Crippen LogP contribution in [0, 0.1) is 6.92 Å². The van der Waals surface area contributed by atoms with Gasteiger partial charge in [-0.3, -0.25) is 0 Å². The van der Waals surface area contributed by atoms with E-state index < -0.39 is 0 Å². The first-order valence-electron chi connectivity index (χ1n) is 8.47. The zero-order chi connectivity index (χ0) is 18.7. The lowest BCUT2D eigenvalue weighted by molar-refractivity contribution is 0.135. The molecule has 1 aromatic rings. The summed E-state index contributed by atoms with van der Waals surface area (Å²) in [5.41, 5.74) is 3.15. The molecule has 25 heavy (non-hydrogen) atoms. The van der Waals surface area contributed by atoms with Crippen molar-refractivity contribution < 1.29 is 14.3 Å². The normalized spacial score (nSPS) is 11.2. The summed E-state index contributed by atoms with van der Waals surface area (Å²) in [6, 6.07) is 4.02. The molecular weight excluding hydrogens is 406 g/mol. The smallest absolute Gasteiger partial charge is 0.125 e. The van der Waals surface area contributed by atoms with Gasteiger partial charge in [-0.1, -0.05) is 23.7 Å². The number of ether oxygens (including phenoxy) is 2. The molecule has 0 saturated carbocycles. The lowest BCUT2D eigenvalue weighted by atomic mass is 10.1. The first-order valence-corrected chi connectivity index (χ1v) is 9.64. The Morgan fingerprint density at radius 1 is 1.20 bits per heavy atom. The van der Waals surface area contributed by atoms with Crippen molar-refractivity contribution in [3.05, 3.63) is 33.3 Å². The van der Waals surface area contributed by atoms with Crippen LogP contribution in [0.5, 0.6) is 11.5 Å². The number of hydrogen-bond acceptors (Lipinski definition) is 4. The fourth-order valence-electron chi connectivity index (χ4n) is 2.18. The second kappa shape index (κ2) is 12.2. The van der Waals surface area contributed by atoms with Gasteiger partial charge in [-0.2, -0.15) is 0 Å². The molecule has 0 bridgehead atoms. The SMILES string of the molecule is CCc1cc(OC/C=C(\Cl)Br)cc(C)c1OCCCCON=C(C)C. The van der Waals surface area contributed by atoms with E-state index in [0.717, 1.165) is 47.6 Å². The van der Waals surface area contributed by atoms with Crippen molar-refractivity contribution in [2.45, 2.75) is 47.0 Å². The van der Waals surface area contributed by atoms with E-state index in [9.17, 15) is 0 Å². The minimum absolute atomic E-state index is 0.423. The number of oxime groups is 1. The third kappa shape index (κ3) is 9.17. The molecule has 0 amide bonds. The summed E-state index contributed by atoms with van der Waals surface area (Å²) in [7, 11) is 0. The van der Waals surface area contributed by atoms with Gasteiger partial charge >= 0.3 is 0 Å². The molecule has 0 aromatic heterocycles. The van der Waals surface area contributed by atoms with Crippen LogP contribution in [0.25, 0.3) is 0 Å². The van der Waals surface area contributed by atoms with Crippen molar-refractivity contribution >= 4 is 33.2 Å². The Morgan fingerprint density at radius 3 is 2.56 bits per heavy atom. The van der Waals surface area contributed by atoms with Gasteiger partial charge in [0.15, 0.2) is 0 Å². The third-order valence-electron chi connectivity index (χ3n) is 3.32. The van der Waals surface area contributed by atoms with Crippen LogP contribution in [0.15, 0.2) is 27.3 Å². The molecule has 0 saturated heterocycles. The Bertz CT molecular complexity index is 595. The quantitative estimate of drug-likeness (QED) is 0.245. The van der Waals surface area contributed by atoms with Crippen molar-refractivity contribution in [2.24, 2.45) is 5.16 Å². The Balaban J connectivity index is 2.53. The molecule has 140 valence electrons. The standard InChI is InChI=1S/C19H27BrClNO3/c1-5-16-13-17(23-11-8-18(20)21)12-15(4)19(16)24-9-6-7-10-25-22-14(2)3/h8,12-13H,5-7,9-11H2,1-4H3/b18-8-. The van der Waals surface area contributed by atoms with E-state index >= 15 is 0 Å². The molecule has 0 unspecified atom stereocenters. The third-order valence-corrected chi connectivity index (χ3v) is 3.80. The summed E-state index contributed by atoms with van der Waals surface area (Å²) < 4.78 is 12.3. The van der Waals surface area contributed by atoms with Gasteiger partial charge in [0.25, 0.3) is 0 Å². The molecule has 0 fully saturated rings. The number of hydrogen-bond donors (Lipinski definition) is 0. The van der Waals surface area contributed by atoms with E-state index in [1.807, 2.05) is 32.9 Å². The van der Waals surface area contributed by atoms with Crippen LogP contribution in [0.2, 0.25) is 0 Å². The van der Waals surface area contributed by atoms with Crippen LogP contribution in [-0.4, -0.2) is 25.5 Å². The van der Waals surface area contributed by atoms with Gasteiger partial charge in [0.1, 0.15) is 24.7 Å². The minimum atomic E-state index is 0.423. The molecule has 0 radical (unpaired) electrons. The van der Waals surface area contributed by atoms with Gasteiger partial charge in [-0.25, -0.2) is 0 Å². The van der Waals surface area contributed by atoms with Crippen LogP contribution in [0.3, 0.4) is 0 Å². The molecule has 0 aliphatic carbocycles. The molecule has 0 spiro atoms. The highest BCUT2D eigenvalue weighted by Crippen LogP contribution is 2.30. The molecule has 1 rings (SSSR count). The maximum atomic E-state index is 6.00. The Labute approximate surface area is 164 Å². The monoisotopic (exact) mass is 431 g/mol. The number of benzene rings is 1. The topological polar surface area (TPSA) is 40.0 Å². The lowest BCUT2D eigenvalue weighted by Crippen LogP contribution is -2.04. The van der Waals surface area contributed by atoms with E-state index in [1.54, 1.807) is 6.08 Å². The highest BCUT2D eigenvalue weighted by molar-refractivity contribution is 9.12. The fraction of sp³-hybridized carbons (Fsp3) is 0.526. The Hall–Kier alpha value is -1.20. The summed E-state index contributed by atoms with van der Waals surface area (Å²) in [6.45, 7) is 9.67. The lowest BCUT2D eigenvalue weighted by Gasteiger charge is -2.15. The molecule has 0 heterocycles. The average molecular weight is 433 g/mol. The zero-order valence-electron chi connectivity index (χ0n) is 15.4. The van der Waals surface area contributed by atoms with Crippen molar-refractivity contribution in [1.29, 1.82) is 0 Å². The molecule has 0 atom stereocenters. The highest BCUT2D eigenvalue weighted by atomic mass is 79.9. The van der Waals surface area contributed by atoms with Gasteiger partial charge in [0.2, 0.25) is 0 Å². The predicted molar refractivity (Wildman–Crippen MR) is 108 cm³/mol. The van der Waals surface area contributed by atoms with Crippen LogP contribution >= 0.6 is 27.5 Å². The van der Waals surface area contributed by atoms with Gasteiger partial charge in [-0.15, -0.1) is 0 Å². The van der Waals surface area contributed by atoms with Crippen LogP contribution < -0.4 is 9.47 Å². The summed E-state index contributed by atoms with van der Waals surface area (Å²) in [5, 5.41) is 3.91. The van der Waals surface area contributed by atoms with Crippen molar-refractivity contribution in [2.75, 3.05) is 19.8 Å². The minimum Gasteiger partial charge on any atom is -0.493 e. The highest BCUT2D eigenvalue weighted by Gasteiger charge is 2.09. The van der Waals surface area contributed by atoms with E-state index in [4.69, 9.17) is 25.9 Å². The van der Waals surface area contributed by atoms with E-state index in [-0.39, 0.29) is 0 Å². The fourth-order valence-corrected chi connectivity index (χ4v) is 2.38. The van der Waals surface area contributed by atoms with Crippen LogP contribution in [0.1, 0.15) is 44.7 Å². The summed E-state index contributed by atoms with van der Waals surface area (Å²) in [4.78, 5) is 5.18. The molecular formula is C19H27BrClNO3. The van der Waals surface area contributed by atoms with Gasteiger partial charge in [0, 0.05) is 0 Å². The van der Waals surface area contributed by atoms with Gasteiger partial charge < -0.3 is 14.3 Å².